The van der Waals surface area contributed by atoms with Crippen molar-refractivity contribution in [1.82, 2.24) is 9.66 Å². The Bertz CT molecular complexity index is 278. The Morgan fingerprint density at radius 1 is 1.42 bits per heavy atom. The molecule has 1 N–H and O–H groups in total. The smallest absolute Gasteiger partial charge is 0.0794 e. The number of nitrogens with one attached hydrogen (secondary N) is 1. The van der Waals surface area contributed by atoms with E-state index in [9.17, 15) is 0 Å². The van der Waals surface area contributed by atoms with E-state index >= 15 is 0 Å². The third-order valence-corrected chi connectivity index (χ3v) is 2.30. The number of aromatic nitrogens is 2. The molecule has 0 amide bonds. The molecule has 0 spiro atoms. The van der Waals surface area contributed by atoms with E-state index in [1.807, 2.05) is 40.9 Å². The second-order valence-electron chi connectivity index (χ2n) is 2.39. The Kier molecular flexibility index (Phi) is 2.09. The highest BCUT2D eigenvalue weighted by atomic mass is 32.1. The maximum absolute atomic E-state index is 3.99. The normalized spacial score (nSPS) is 10.0. The van der Waals surface area contributed by atoms with Crippen LogP contribution in [-0.2, 0) is 6.54 Å². The van der Waals surface area contributed by atoms with Gasteiger partial charge < -0.3 is 5.43 Å². The van der Waals surface area contributed by atoms with Gasteiger partial charge in [0.2, 0.25) is 0 Å². The zero-order valence-electron chi connectivity index (χ0n) is 6.47. The third kappa shape index (κ3) is 1.65. The fraction of sp³-hybridized carbons (Fsp3) is 0.125. The van der Waals surface area contributed by atoms with E-state index in [-0.39, 0.29) is 0 Å². The molecule has 0 radical (unpaired) electrons. The Morgan fingerprint density at radius 2 is 2.25 bits per heavy atom. The van der Waals surface area contributed by atoms with Gasteiger partial charge in [0.1, 0.15) is 0 Å². The second-order valence-corrected chi connectivity index (χ2v) is 3.36. The van der Waals surface area contributed by atoms with Crippen LogP contribution < -0.4 is 5.43 Å². The molecule has 0 aliphatic rings. The van der Waals surface area contributed by atoms with Crippen molar-refractivity contribution in [2.24, 2.45) is 0 Å². The van der Waals surface area contributed by atoms with Crippen LogP contribution in [0.4, 0.5) is 0 Å². The van der Waals surface area contributed by atoms with Gasteiger partial charge in [-0.2, -0.15) is 0 Å². The molecule has 3 nitrogen and oxygen atoms in total. The summed E-state index contributed by atoms with van der Waals surface area (Å²) in [5, 5.41) is 0. The predicted molar refractivity (Wildman–Crippen MR) is 49.6 cm³/mol. The number of hydrogen-bond acceptors (Lipinski definition) is 3. The second kappa shape index (κ2) is 3.40. The summed E-state index contributed by atoms with van der Waals surface area (Å²) in [6.45, 7) is 0.833. The summed E-state index contributed by atoms with van der Waals surface area (Å²) in [6, 6.07) is 3.97. The molecule has 12 heavy (non-hydrogen) atoms. The van der Waals surface area contributed by atoms with E-state index in [2.05, 4.69) is 10.4 Å². The maximum atomic E-state index is 3.99. The largest absolute Gasteiger partial charge is 0.321 e. The van der Waals surface area contributed by atoms with Gasteiger partial charge in [0.15, 0.2) is 0 Å². The van der Waals surface area contributed by atoms with Crippen molar-refractivity contribution in [2.75, 3.05) is 5.43 Å². The first-order valence-corrected chi connectivity index (χ1v) is 4.57. The first kappa shape index (κ1) is 7.36. The van der Waals surface area contributed by atoms with Crippen LogP contribution in [0.5, 0.6) is 0 Å². The Labute approximate surface area is 74.7 Å². The van der Waals surface area contributed by atoms with Gasteiger partial charge in [-0.15, -0.1) is 11.3 Å². The Hall–Kier alpha value is -1.29. The molecule has 2 aromatic rings. The minimum Gasteiger partial charge on any atom is -0.321 e. The van der Waals surface area contributed by atoms with Crippen LogP contribution in [0.3, 0.4) is 0 Å². The number of rotatable bonds is 3. The zero-order chi connectivity index (χ0) is 8.23. The SMILES string of the molecule is c1ccn(NCc2cncs2)c1. The topological polar surface area (TPSA) is 29.9 Å². The molecule has 0 saturated carbocycles. The van der Waals surface area contributed by atoms with E-state index in [4.69, 9.17) is 0 Å². The maximum Gasteiger partial charge on any atom is 0.0794 e. The summed E-state index contributed by atoms with van der Waals surface area (Å²) in [5.41, 5.74) is 5.05. The number of thiazole rings is 1. The molecule has 4 heteroatoms. The number of nitrogens with zero attached hydrogens (tertiary/aromatic N) is 2. The van der Waals surface area contributed by atoms with E-state index in [0.29, 0.717) is 0 Å². The number of hydrogen-bond donors (Lipinski definition) is 1. The minimum absolute atomic E-state index is 0.833. The van der Waals surface area contributed by atoms with Gasteiger partial charge >= 0.3 is 0 Å². The first-order chi connectivity index (χ1) is 5.95. The van der Waals surface area contributed by atoms with Crippen molar-refractivity contribution in [1.29, 1.82) is 0 Å². The molecule has 2 heterocycles. The highest BCUT2D eigenvalue weighted by Crippen LogP contribution is 2.04. The standard InChI is InChI=1S/C8H9N3S/c1-2-4-11(3-1)10-6-8-5-9-7-12-8/h1-5,7,10H,6H2. The van der Waals surface area contributed by atoms with Gasteiger partial charge in [0.05, 0.1) is 12.1 Å². The molecular weight excluding hydrogens is 170 g/mol. The molecule has 0 aromatic carbocycles. The molecule has 0 fully saturated rings. The van der Waals surface area contributed by atoms with Crippen LogP contribution in [0.15, 0.2) is 36.2 Å². The summed E-state index contributed by atoms with van der Waals surface area (Å²) in [7, 11) is 0. The van der Waals surface area contributed by atoms with Gasteiger partial charge in [-0.25, -0.2) is 0 Å². The molecular formula is C8H9N3S. The van der Waals surface area contributed by atoms with Gasteiger partial charge in [-0.05, 0) is 12.1 Å². The summed E-state index contributed by atoms with van der Waals surface area (Å²) in [4.78, 5) is 5.23. The van der Waals surface area contributed by atoms with Gasteiger partial charge in [0, 0.05) is 23.5 Å². The molecule has 0 atom stereocenters. The van der Waals surface area contributed by atoms with E-state index < -0.39 is 0 Å². The van der Waals surface area contributed by atoms with Crippen LogP contribution in [0.25, 0.3) is 0 Å². The van der Waals surface area contributed by atoms with Crippen LogP contribution >= 0.6 is 11.3 Å². The van der Waals surface area contributed by atoms with E-state index in [1.54, 1.807) is 11.3 Å². The van der Waals surface area contributed by atoms with Crippen LogP contribution in [0.1, 0.15) is 4.88 Å². The van der Waals surface area contributed by atoms with Crippen molar-refractivity contribution in [2.45, 2.75) is 6.54 Å². The lowest BCUT2D eigenvalue weighted by Crippen LogP contribution is -2.10. The summed E-state index contributed by atoms with van der Waals surface area (Å²) < 4.78 is 1.93. The van der Waals surface area contributed by atoms with Gasteiger partial charge in [-0.1, -0.05) is 0 Å². The monoisotopic (exact) mass is 179 g/mol. The average Bonchev–Trinajstić information content (AvgIpc) is 2.74. The van der Waals surface area contributed by atoms with E-state index in [1.165, 1.54) is 4.88 Å². The van der Waals surface area contributed by atoms with Crippen LogP contribution in [0.2, 0.25) is 0 Å². The van der Waals surface area contributed by atoms with Crippen molar-refractivity contribution in [3.05, 3.63) is 41.1 Å². The summed E-state index contributed by atoms with van der Waals surface area (Å²) in [5.74, 6) is 0. The van der Waals surface area contributed by atoms with E-state index in [0.717, 1.165) is 6.54 Å². The van der Waals surface area contributed by atoms with Crippen molar-refractivity contribution < 1.29 is 0 Å². The van der Waals surface area contributed by atoms with Crippen molar-refractivity contribution in [3.8, 4) is 0 Å². The lowest BCUT2D eigenvalue weighted by molar-refractivity contribution is 0.854. The van der Waals surface area contributed by atoms with Crippen LogP contribution in [0, 0.1) is 0 Å². The molecule has 2 rings (SSSR count). The highest BCUT2D eigenvalue weighted by Gasteiger charge is 1.92. The quantitative estimate of drug-likeness (QED) is 0.777. The Balaban J connectivity index is 1.91. The van der Waals surface area contributed by atoms with Gasteiger partial charge in [-0.3, -0.25) is 9.66 Å². The predicted octanol–water partition coefficient (Wildman–Crippen LogP) is 1.69. The van der Waals surface area contributed by atoms with Crippen LogP contribution in [-0.4, -0.2) is 9.66 Å². The van der Waals surface area contributed by atoms with Crippen molar-refractivity contribution >= 4 is 11.3 Å². The molecule has 62 valence electrons. The van der Waals surface area contributed by atoms with Gasteiger partial charge in [0.25, 0.3) is 0 Å². The molecule has 0 unspecified atom stereocenters. The first-order valence-electron chi connectivity index (χ1n) is 3.69. The highest BCUT2D eigenvalue weighted by molar-refractivity contribution is 7.09. The molecule has 0 bridgehead atoms. The third-order valence-electron chi connectivity index (χ3n) is 1.52. The average molecular weight is 179 g/mol. The summed E-state index contributed by atoms with van der Waals surface area (Å²) >= 11 is 1.66. The Morgan fingerprint density at radius 3 is 2.92 bits per heavy atom. The molecule has 0 aliphatic heterocycles. The molecule has 0 saturated heterocycles. The lowest BCUT2D eigenvalue weighted by Gasteiger charge is -2.03. The van der Waals surface area contributed by atoms with Crippen molar-refractivity contribution in [3.63, 3.8) is 0 Å². The summed E-state index contributed by atoms with van der Waals surface area (Å²) in [6.07, 6.45) is 5.82. The zero-order valence-corrected chi connectivity index (χ0v) is 7.29. The fourth-order valence-electron chi connectivity index (χ4n) is 0.939. The molecule has 2 aromatic heterocycles. The lowest BCUT2D eigenvalue weighted by atomic mass is 10.6. The molecule has 0 aliphatic carbocycles. The minimum atomic E-state index is 0.833. The fourth-order valence-corrected chi connectivity index (χ4v) is 1.47.